The quantitative estimate of drug-likeness (QED) is 0.893. The smallest absolute Gasteiger partial charge is 0.120 e. The molecular formula is C15H17ClN2O. The van der Waals surface area contributed by atoms with E-state index in [1.807, 2.05) is 55.4 Å². The predicted molar refractivity (Wildman–Crippen MR) is 81.2 cm³/mol. The van der Waals surface area contributed by atoms with E-state index in [9.17, 15) is 5.11 Å². The fraction of sp³-hybridized carbons (Fsp3) is 0.200. The number of benzene rings is 2. The summed E-state index contributed by atoms with van der Waals surface area (Å²) < 4.78 is 0. The Balaban J connectivity index is 2.08. The molecule has 0 atom stereocenters. The van der Waals surface area contributed by atoms with Gasteiger partial charge in [0.05, 0.1) is 10.7 Å². The van der Waals surface area contributed by atoms with Gasteiger partial charge in [-0.15, -0.1) is 0 Å². The van der Waals surface area contributed by atoms with Crippen LogP contribution in [0.25, 0.3) is 0 Å². The summed E-state index contributed by atoms with van der Waals surface area (Å²) in [6, 6.07) is 13.1. The molecular weight excluding hydrogens is 260 g/mol. The average Bonchev–Trinajstić information content (AvgIpc) is 2.37. The van der Waals surface area contributed by atoms with Crippen LogP contribution in [0.3, 0.4) is 0 Å². The molecule has 2 aromatic rings. The van der Waals surface area contributed by atoms with E-state index in [1.165, 1.54) is 0 Å². The fourth-order valence-corrected chi connectivity index (χ4v) is 2.19. The Morgan fingerprint density at radius 2 is 1.89 bits per heavy atom. The van der Waals surface area contributed by atoms with Gasteiger partial charge in [-0.1, -0.05) is 29.8 Å². The molecule has 0 heterocycles. The number of phenolic OH excluding ortho intramolecular Hbond substituents is 1. The minimum Gasteiger partial charge on any atom is -0.508 e. The van der Waals surface area contributed by atoms with Crippen LogP contribution in [0.2, 0.25) is 5.02 Å². The van der Waals surface area contributed by atoms with Crippen LogP contribution in [0.1, 0.15) is 5.56 Å². The molecule has 0 fully saturated rings. The second-order valence-corrected chi connectivity index (χ2v) is 4.95. The van der Waals surface area contributed by atoms with Crippen LogP contribution in [0.4, 0.5) is 11.4 Å². The van der Waals surface area contributed by atoms with E-state index in [-0.39, 0.29) is 0 Å². The molecule has 0 radical (unpaired) electrons. The van der Waals surface area contributed by atoms with Gasteiger partial charge in [-0.05, 0) is 24.3 Å². The van der Waals surface area contributed by atoms with E-state index in [0.29, 0.717) is 17.3 Å². The first kappa shape index (κ1) is 13.6. The molecule has 4 heteroatoms. The zero-order valence-corrected chi connectivity index (χ0v) is 11.8. The minimum atomic E-state index is 0.297. The molecule has 0 saturated carbocycles. The Hall–Kier alpha value is -1.87. The summed E-state index contributed by atoms with van der Waals surface area (Å²) >= 11 is 6.21. The van der Waals surface area contributed by atoms with E-state index in [4.69, 9.17) is 11.6 Å². The fourth-order valence-electron chi connectivity index (χ4n) is 1.84. The van der Waals surface area contributed by atoms with Crippen molar-refractivity contribution in [1.29, 1.82) is 0 Å². The first-order valence-electron chi connectivity index (χ1n) is 6.05. The molecule has 0 aliphatic rings. The predicted octanol–water partition coefficient (Wildman–Crippen LogP) is 3.72. The maximum absolute atomic E-state index is 9.69. The maximum atomic E-state index is 9.69. The van der Waals surface area contributed by atoms with Crippen LogP contribution in [0.5, 0.6) is 5.75 Å². The third-order valence-electron chi connectivity index (χ3n) is 2.90. The summed E-state index contributed by atoms with van der Waals surface area (Å²) in [6.07, 6.45) is 0. The summed E-state index contributed by atoms with van der Waals surface area (Å²) in [4.78, 5) is 1.97. The van der Waals surface area contributed by atoms with Crippen molar-refractivity contribution in [3.8, 4) is 5.75 Å². The zero-order valence-electron chi connectivity index (χ0n) is 11.0. The molecule has 0 unspecified atom stereocenters. The molecule has 100 valence electrons. The van der Waals surface area contributed by atoms with Crippen molar-refractivity contribution >= 4 is 23.0 Å². The topological polar surface area (TPSA) is 35.5 Å². The second kappa shape index (κ2) is 5.85. The van der Waals surface area contributed by atoms with Crippen molar-refractivity contribution in [3.63, 3.8) is 0 Å². The number of hydrogen-bond acceptors (Lipinski definition) is 3. The van der Waals surface area contributed by atoms with Gasteiger partial charge in [-0.2, -0.15) is 0 Å². The number of nitrogens with one attached hydrogen (secondary N) is 1. The number of rotatable bonds is 4. The molecule has 2 rings (SSSR count). The zero-order chi connectivity index (χ0) is 13.8. The lowest BCUT2D eigenvalue weighted by Crippen LogP contribution is -2.09. The van der Waals surface area contributed by atoms with Crippen LogP contribution in [-0.4, -0.2) is 19.2 Å². The largest absolute Gasteiger partial charge is 0.508 e. The van der Waals surface area contributed by atoms with Gasteiger partial charge in [-0.25, -0.2) is 0 Å². The lowest BCUT2D eigenvalue weighted by Gasteiger charge is -2.16. The number of para-hydroxylation sites is 1. The highest BCUT2D eigenvalue weighted by atomic mass is 35.5. The Labute approximate surface area is 118 Å². The summed E-state index contributed by atoms with van der Waals surface area (Å²) in [7, 11) is 3.91. The summed E-state index contributed by atoms with van der Waals surface area (Å²) in [5, 5.41) is 13.6. The van der Waals surface area contributed by atoms with Crippen molar-refractivity contribution in [2.45, 2.75) is 6.54 Å². The molecule has 2 N–H and O–H groups in total. The molecule has 0 bridgehead atoms. The Morgan fingerprint density at radius 1 is 1.16 bits per heavy atom. The van der Waals surface area contributed by atoms with Crippen molar-refractivity contribution in [2.24, 2.45) is 0 Å². The van der Waals surface area contributed by atoms with Crippen LogP contribution in [0.15, 0.2) is 42.5 Å². The number of phenols is 1. The van der Waals surface area contributed by atoms with Gasteiger partial charge < -0.3 is 15.3 Å². The summed E-state index contributed by atoms with van der Waals surface area (Å²) in [6.45, 7) is 0.560. The minimum absolute atomic E-state index is 0.297. The molecule has 0 saturated heterocycles. The molecule has 0 aromatic heterocycles. The molecule has 3 nitrogen and oxygen atoms in total. The molecule has 19 heavy (non-hydrogen) atoms. The van der Waals surface area contributed by atoms with Crippen LogP contribution >= 0.6 is 11.6 Å². The summed E-state index contributed by atoms with van der Waals surface area (Å²) in [5.41, 5.74) is 2.77. The SMILES string of the molecule is CN(C)c1ccc(NCc2ccccc2O)cc1Cl. The second-order valence-electron chi connectivity index (χ2n) is 4.54. The first-order chi connectivity index (χ1) is 9.08. The third-order valence-corrected chi connectivity index (χ3v) is 3.21. The van der Waals surface area contributed by atoms with E-state index in [0.717, 1.165) is 16.9 Å². The van der Waals surface area contributed by atoms with E-state index >= 15 is 0 Å². The van der Waals surface area contributed by atoms with Gasteiger partial charge in [0.1, 0.15) is 5.75 Å². The molecule has 0 amide bonds. The highest BCUT2D eigenvalue weighted by Gasteiger charge is 2.04. The van der Waals surface area contributed by atoms with E-state index in [2.05, 4.69) is 5.32 Å². The number of nitrogens with zero attached hydrogens (tertiary/aromatic N) is 1. The van der Waals surface area contributed by atoms with Crippen molar-refractivity contribution in [2.75, 3.05) is 24.3 Å². The summed E-state index contributed by atoms with van der Waals surface area (Å²) in [5.74, 6) is 0.297. The molecule has 0 spiro atoms. The van der Waals surface area contributed by atoms with Gasteiger partial charge in [0, 0.05) is 31.9 Å². The van der Waals surface area contributed by atoms with Gasteiger partial charge in [-0.3, -0.25) is 0 Å². The molecule has 0 aliphatic carbocycles. The van der Waals surface area contributed by atoms with E-state index < -0.39 is 0 Å². The first-order valence-corrected chi connectivity index (χ1v) is 6.43. The lowest BCUT2D eigenvalue weighted by atomic mass is 10.2. The van der Waals surface area contributed by atoms with Crippen LogP contribution in [-0.2, 0) is 6.54 Å². The van der Waals surface area contributed by atoms with Crippen molar-refractivity contribution in [1.82, 2.24) is 0 Å². The van der Waals surface area contributed by atoms with Crippen LogP contribution < -0.4 is 10.2 Å². The third kappa shape index (κ3) is 3.32. The highest BCUT2D eigenvalue weighted by Crippen LogP contribution is 2.28. The number of halogens is 1. The van der Waals surface area contributed by atoms with Crippen molar-refractivity contribution < 1.29 is 5.11 Å². The Kier molecular flexibility index (Phi) is 4.17. The number of aromatic hydroxyl groups is 1. The molecule has 0 aliphatic heterocycles. The Bertz CT molecular complexity index is 570. The van der Waals surface area contributed by atoms with Gasteiger partial charge in [0.15, 0.2) is 0 Å². The standard InChI is InChI=1S/C15H17ClN2O/c1-18(2)14-8-7-12(9-13(14)16)17-10-11-5-3-4-6-15(11)19/h3-9,17,19H,10H2,1-2H3. The Morgan fingerprint density at radius 3 is 2.53 bits per heavy atom. The van der Waals surface area contributed by atoms with Gasteiger partial charge in [0.2, 0.25) is 0 Å². The normalized spacial score (nSPS) is 10.3. The van der Waals surface area contributed by atoms with Gasteiger partial charge in [0.25, 0.3) is 0 Å². The van der Waals surface area contributed by atoms with Crippen molar-refractivity contribution in [3.05, 3.63) is 53.1 Å². The lowest BCUT2D eigenvalue weighted by molar-refractivity contribution is 0.469. The van der Waals surface area contributed by atoms with E-state index in [1.54, 1.807) is 6.07 Å². The monoisotopic (exact) mass is 276 g/mol. The average molecular weight is 277 g/mol. The number of hydrogen-bond donors (Lipinski definition) is 2. The number of anilines is 2. The molecule has 2 aromatic carbocycles. The van der Waals surface area contributed by atoms with Gasteiger partial charge >= 0.3 is 0 Å². The maximum Gasteiger partial charge on any atom is 0.120 e. The van der Waals surface area contributed by atoms with Crippen LogP contribution in [0, 0.1) is 0 Å². The highest BCUT2D eigenvalue weighted by molar-refractivity contribution is 6.33.